The minimum atomic E-state index is -4.40. The summed E-state index contributed by atoms with van der Waals surface area (Å²) in [7, 11) is 0. The summed E-state index contributed by atoms with van der Waals surface area (Å²) in [6.45, 7) is 1.86. The van der Waals surface area contributed by atoms with E-state index in [-0.39, 0.29) is 23.9 Å². The van der Waals surface area contributed by atoms with Crippen LogP contribution in [-0.4, -0.2) is 17.0 Å². The van der Waals surface area contributed by atoms with Crippen LogP contribution in [0.2, 0.25) is 0 Å². The van der Waals surface area contributed by atoms with Crippen molar-refractivity contribution in [3.8, 4) is 0 Å². The van der Waals surface area contributed by atoms with Gasteiger partial charge >= 0.3 is 12.1 Å². The van der Waals surface area contributed by atoms with Crippen LogP contribution in [0.15, 0.2) is 77.7 Å². The first-order chi connectivity index (χ1) is 16.2. The van der Waals surface area contributed by atoms with Crippen LogP contribution in [0, 0.1) is 0 Å². The smallest absolute Gasteiger partial charge is 0.416 e. The van der Waals surface area contributed by atoms with Crippen LogP contribution in [-0.2, 0) is 23.1 Å². The van der Waals surface area contributed by atoms with E-state index in [2.05, 4.69) is 5.32 Å². The fourth-order valence-electron chi connectivity index (χ4n) is 3.48. The fraction of sp³-hybridized carbons (Fsp3) is 0.231. The summed E-state index contributed by atoms with van der Waals surface area (Å²) in [5.74, 6) is -0.671. The number of hydrogen-bond donors (Lipinski definition) is 2. The van der Waals surface area contributed by atoms with Crippen molar-refractivity contribution in [2.24, 2.45) is 0 Å². The van der Waals surface area contributed by atoms with Gasteiger partial charge in [0, 0.05) is 10.6 Å². The Labute approximate surface area is 200 Å². The van der Waals surface area contributed by atoms with Crippen molar-refractivity contribution >= 4 is 23.6 Å². The average Bonchev–Trinajstić information content (AvgIpc) is 2.81. The third-order valence-electron chi connectivity index (χ3n) is 5.31. The first kappa shape index (κ1) is 25.4. The monoisotopic (exact) mass is 487 g/mol. The van der Waals surface area contributed by atoms with E-state index >= 15 is 0 Å². The molecule has 0 aliphatic carbocycles. The van der Waals surface area contributed by atoms with Crippen molar-refractivity contribution < 1.29 is 27.9 Å². The molecule has 1 unspecified atom stereocenters. The van der Waals surface area contributed by atoms with Gasteiger partial charge in [-0.05, 0) is 53.4 Å². The number of rotatable bonds is 9. The lowest BCUT2D eigenvalue weighted by molar-refractivity contribution is -0.137. The van der Waals surface area contributed by atoms with Crippen LogP contribution in [0.1, 0.15) is 52.0 Å². The number of benzene rings is 3. The molecule has 3 aromatic carbocycles. The molecule has 2 N–H and O–H groups in total. The van der Waals surface area contributed by atoms with Crippen LogP contribution in [0.5, 0.6) is 0 Å². The molecule has 1 atom stereocenters. The highest BCUT2D eigenvalue weighted by atomic mass is 32.2. The summed E-state index contributed by atoms with van der Waals surface area (Å²) >= 11 is 1.50. The molecule has 0 saturated carbocycles. The van der Waals surface area contributed by atoms with Crippen LogP contribution in [0.4, 0.5) is 13.2 Å². The molecule has 0 bridgehead atoms. The van der Waals surface area contributed by atoms with Gasteiger partial charge in [-0.15, -0.1) is 11.8 Å². The number of halogens is 3. The molecule has 0 aliphatic heterocycles. The number of carbonyl (C=O) groups is 2. The Morgan fingerprint density at radius 3 is 2.21 bits per heavy atom. The Balaban J connectivity index is 1.56. The highest BCUT2D eigenvalue weighted by Gasteiger charge is 2.30. The number of thioether (sulfide) groups is 1. The van der Waals surface area contributed by atoms with Crippen molar-refractivity contribution in [2.45, 2.75) is 42.6 Å². The predicted molar refractivity (Wildman–Crippen MR) is 126 cm³/mol. The van der Waals surface area contributed by atoms with Gasteiger partial charge in [0.05, 0.1) is 23.6 Å². The second-order valence-electron chi connectivity index (χ2n) is 7.72. The van der Waals surface area contributed by atoms with Gasteiger partial charge < -0.3 is 10.4 Å². The number of carboxylic acids is 1. The molecule has 0 radical (unpaired) electrons. The SMILES string of the molecule is CCC(NC(=O)Cc1ccc(SCc2ccccc2C(=O)O)cc1)c1ccc(C(F)(F)F)cc1. The quantitative estimate of drug-likeness (QED) is 0.338. The van der Waals surface area contributed by atoms with E-state index < -0.39 is 17.7 Å². The number of aromatic carboxylic acids is 1. The number of nitrogens with one attached hydrogen (secondary N) is 1. The summed E-state index contributed by atoms with van der Waals surface area (Å²) in [6, 6.07) is 18.8. The lowest BCUT2D eigenvalue weighted by Crippen LogP contribution is -2.29. The zero-order valence-corrected chi connectivity index (χ0v) is 19.2. The molecular weight excluding hydrogens is 463 g/mol. The number of carboxylic acid groups (broad SMARTS) is 1. The average molecular weight is 488 g/mol. The number of amides is 1. The highest BCUT2D eigenvalue weighted by molar-refractivity contribution is 7.98. The highest BCUT2D eigenvalue weighted by Crippen LogP contribution is 2.30. The number of alkyl halides is 3. The summed E-state index contributed by atoms with van der Waals surface area (Å²) in [6.07, 6.45) is -3.71. The Kier molecular flexibility index (Phi) is 8.39. The van der Waals surface area contributed by atoms with Crippen molar-refractivity contribution in [2.75, 3.05) is 0 Å². The normalized spacial score (nSPS) is 12.2. The van der Waals surface area contributed by atoms with Crippen LogP contribution in [0.3, 0.4) is 0 Å². The molecule has 34 heavy (non-hydrogen) atoms. The van der Waals surface area contributed by atoms with Crippen LogP contribution < -0.4 is 5.32 Å². The van der Waals surface area contributed by atoms with Gasteiger partial charge in [0.1, 0.15) is 0 Å². The maximum Gasteiger partial charge on any atom is 0.416 e. The molecule has 0 aromatic heterocycles. The second kappa shape index (κ2) is 11.2. The van der Waals surface area contributed by atoms with Crippen molar-refractivity contribution in [3.05, 3.63) is 101 Å². The molecule has 1 amide bonds. The minimum Gasteiger partial charge on any atom is -0.478 e. The zero-order valence-electron chi connectivity index (χ0n) is 18.4. The molecule has 3 rings (SSSR count). The fourth-order valence-corrected chi connectivity index (χ4v) is 4.38. The number of carbonyl (C=O) groups excluding carboxylic acids is 1. The summed E-state index contributed by atoms with van der Waals surface area (Å²) in [5, 5.41) is 12.2. The summed E-state index contributed by atoms with van der Waals surface area (Å²) in [5.41, 5.74) is 1.72. The zero-order chi connectivity index (χ0) is 24.7. The van der Waals surface area contributed by atoms with Crippen LogP contribution in [0.25, 0.3) is 0 Å². The minimum absolute atomic E-state index is 0.143. The van der Waals surface area contributed by atoms with Gasteiger partial charge in [0.2, 0.25) is 5.91 Å². The molecule has 0 aliphatic rings. The Morgan fingerprint density at radius 2 is 1.62 bits per heavy atom. The van der Waals surface area contributed by atoms with E-state index in [1.54, 1.807) is 24.3 Å². The summed E-state index contributed by atoms with van der Waals surface area (Å²) < 4.78 is 38.3. The van der Waals surface area contributed by atoms with Gasteiger partial charge in [-0.3, -0.25) is 4.79 Å². The van der Waals surface area contributed by atoms with Gasteiger partial charge in [0.25, 0.3) is 0 Å². The third kappa shape index (κ3) is 6.87. The Bertz CT molecular complexity index is 1130. The van der Waals surface area contributed by atoms with Crippen molar-refractivity contribution in [1.82, 2.24) is 5.32 Å². The Hall–Kier alpha value is -3.26. The second-order valence-corrected chi connectivity index (χ2v) is 8.77. The van der Waals surface area contributed by atoms with E-state index in [0.29, 0.717) is 17.7 Å². The third-order valence-corrected chi connectivity index (χ3v) is 6.37. The molecule has 0 spiro atoms. The van der Waals surface area contributed by atoms with E-state index in [9.17, 15) is 27.9 Å². The molecule has 0 heterocycles. The van der Waals surface area contributed by atoms with Gasteiger partial charge in [0.15, 0.2) is 0 Å². The standard InChI is InChI=1S/C26H24F3NO3S/c1-2-23(18-9-11-20(12-10-18)26(27,28)29)30-24(31)15-17-7-13-21(14-8-17)34-16-19-5-3-4-6-22(19)25(32)33/h3-14,23H,2,15-16H2,1H3,(H,30,31)(H,32,33). The topological polar surface area (TPSA) is 66.4 Å². The molecule has 0 saturated heterocycles. The van der Waals surface area contributed by atoms with Crippen LogP contribution >= 0.6 is 11.8 Å². The molecule has 3 aromatic rings. The lowest BCUT2D eigenvalue weighted by atomic mass is 10.0. The lowest BCUT2D eigenvalue weighted by Gasteiger charge is -2.18. The van der Waals surface area contributed by atoms with Gasteiger partial charge in [-0.2, -0.15) is 13.2 Å². The summed E-state index contributed by atoms with van der Waals surface area (Å²) in [4.78, 5) is 24.8. The molecular formula is C26H24F3NO3S. The first-order valence-corrected chi connectivity index (χ1v) is 11.7. The molecule has 0 fully saturated rings. The van der Waals surface area contributed by atoms with E-state index in [1.165, 1.54) is 23.9 Å². The largest absolute Gasteiger partial charge is 0.478 e. The van der Waals surface area contributed by atoms with E-state index in [1.807, 2.05) is 31.2 Å². The van der Waals surface area contributed by atoms with Gasteiger partial charge in [-0.1, -0.05) is 49.4 Å². The molecule has 4 nitrogen and oxygen atoms in total. The number of hydrogen-bond acceptors (Lipinski definition) is 3. The first-order valence-electron chi connectivity index (χ1n) is 10.7. The molecule has 178 valence electrons. The maximum atomic E-state index is 12.8. The molecule has 8 heteroatoms. The van der Waals surface area contributed by atoms with Crippen molar-refractivity contribution in [3.63, 3.8) is 0 Å². The van der Waals surface area contributed by atoms with Crippen molar-refractivity contribution in [1.29, 1.82) is 0 Å². The maximum absolute atomic E-state index is 12.8. The predicted octanol–water partition coefficient (Wildman–Crippen LogP) is 6.51. The van der Waals surface area contributed by atoms with Gasteiger partial charge in [-0.25, -0.2) is 4.79 Å². The van der Waals surface area contributed by atoms with E-state index in [4.69, 9.17) is 0 Å². The Morgan fingerprint density at radius 1 is 0.971 bits per heavy atom. The van der Waals surface area contributed by atoms with E-state index in [0.717, 1.165) is 28.2 Å².